The summed E-state index contributed by atoms with van der Waals surface area (Å²) in [6.07, 6.45) is 0. The van der Waals surface area contributed by atoms with Crippen LogP contribution in [0.3, 0.4) is 0 Å². The van der Waals surface area contributed by atoms with Gasteiger partial charge < -0.3 is 5.73 Å². The summed E-state index contributed by atoms with van der Waals surface area (Å²) in [6, 6.07) is 0. The minimum absolute atomic E-state index is 0.0386. The highest BCUT2D eigenvalue weighted by Gasteiger charge is 2.13. The Hall–Kier alpha value is -0.320. The van der Waals surface area contributed by atoms with E-state index in [0.717, 1.165) is 11.5 Å². The molecular formula is C4H2Cl2N2OS. The van der Waals surface area contributed by atoms with Gasteiger partial charge >= 0.3 is 0 Å². The largest absolute Gasteiger partial charge is 0.364 e. The van der Waals surface area contributed by atoms with Crippen molar-refractivity contribution in [1.82, 2.24) is 4.37 Å². The summed E-state index contributed by atoms with van der Waals surface area (Å²) in [7, 11) is 0. The molecule has 0 aliphatic rings. The molecule has 0 fully saturated rings. The highest BCUT2D eigenvalue weighted by atomic mass is 35.5. The monoisotopic (exact) mass is 196 g/mol. The summed E-state index contributed by atoms with van der Waals surface area (Å²) in [5, 5.41) is 0.138. The van der Waals surface area contributed by atoms with Crippen LogP contribution in [0, 0.1) is 0 Å². The topological polar surface area (TPSA) is 56.0 Å². The summed E-state index contributed by atoms with van der Waals surface area (Å²) in [5.41, 5.74) is 4.93. The van der Waals surface area contributed by atoms with Gasteiger partial charge in [0.1, 0.15) is 9.36 Å². The molecule has 0 aliphatic carbocycles. The number of hydrogen-bond donors (Lipinski definition) is 1. The lowest BCUT2D eigenvalue weighted by Crippen LogP contribution is -2.11. The van der Waals surface area contributed by atoms with Crippen LogP contribution in [-0.2, 0) is 0 Å². The molecular weight excluding hydrogens is 195 g/mol. The first-order valence-electron chi connectivity index (χ1n) is 2.23. The third-order valence-electron chi connectivity index (χ3n) is 0.831. The lowest BCUT2D eigenvalue weighted by Gasteiger charge is -1.85. The maximum atomic E-state index is 10.5. The summed E-state index contributed by atoms with van der Waals surface area (Å²) in [5.74, 6) is -0.659. The number of aromatic nitrogens is 1. The minimum Gasteiger partial charge on any atom is -0.364 e. The fraction of sp³-hybridized carbons (Fsp3) is 0. The molecule has 1 heterocycles. The second-order valence-corrected chi connectivity index (χ2v) is 3.24. The zero-order chi connectivity index (χ0) is 7.72. The second-order valence-electron chi connectivity index (χ2n) is 1.48. The van der Waals surface area contributed by atoms with Crippen molar-refractivity contribution in [3.63, 3.8) is 0 Å². The van der Waals surface area contributed by atoms with Crippen LogP contribution < -0.4 is 5.73 Å². The zero-order valence-corrected chi connectivity index (χ0v) is 6.93. The predicted molar refractivity (Wildman–Crippen MR) is 40.7 cm³/mol. The number of carbonyl (C=O) groups is 1. The molecule has 3 nitrogen and oxygen atoms in total. The molecule has 1 amide bonds. The van der Waals surface area contributed by atoms with Gasteiger partial charge in [0.25, 0.3) is 5.91 Å². The van der Waals surface area contributed by atoms with Crippen LogP contribution in [0.25, 0.3) is 0 Å². The van der Waals surface area contributed by atoms with Crippen molar-refractivity contribution < 1.29 is 4.79 Å². The average molecular weight is 197 g/mol. The van der Waals surface area contributed by atoms with Gasteiger partial charge in [-0.1, -0.05) is 23.2 Å². The lowest BCUT2D eigenvalue weighted by molar-refractivity contribution is 0.0997. The van der Waals surface area contributed by atoms with Crippen LogP contribution in [0.1, 0.15) is 10.5 Å². The van der Waals surface area contributed by atoms with Crippen LogP contribution in [0.4, 0.5) is 0 Å². The summed E-state index contributed by atoms with van der Waals surface area (Å²) in [4.78, 5) is 10.5. The van der Waals surface area contributed by atoms with E-state index in [1.807, 2.05) is 0 Å². The van der Waals surface area contributed by atoms with Gasteiger partial charge in [0.15, 0.2) is 5.69 Å². The van der Waals surface area contributed by atoms with Gasteiger partial charge in [-0.3, -0.25) is 4.79 Å². The molecule has 0 atom stereocenters. The normalized spacial score (nSPS) is 9.80. The number of rotatable bonds is 1. The van der Waals surface area contributed by atoms with Crippen LogP contribution in [0.15, 0.2) is 0 Å². The minimum atomic E-state index is -0.659. The van der Waals surface area contributed by atoms with E-state index in [9.17, 15) is 4.79 Å². The van der Waals surface area contributed by atoms with Crippen LogP contribution in [0.5, 0.6) is 0 Å². The first kappa shape index (κ1) is 7.78. The maximum absolute atomic E-state index is 10.5. The van der Waals surface area contributed by atoms with E-state index < -0.39 is 5.91 Å². The van der Waals surface area contributed by atoms with Crippen molar-refractivity contribution >= 4 is 40.6 Å². The summed E-state index contributed by atoms with van der Waals surface area (Å²) >= 11 is 12.0. The molecule has 0 saturated carbocycles. The standard InChI is InChI=1S/C4H2Cl2N2OS/c5-1-2(4(7)9)8-10-3(1)6/h(H2,7,9). The molecule has 0 unspecified atom stereocenters. The van der Waals surface area contributed by atoms with Crippen molar-refractivity contribution in [3.05, 3.63) is 15.1 Å². The van der Waals surface area contributed by atoms with Gasteiger partial charge in [-0.15, -0.1) is 0 Å². The molecule has 1 aromatic rings. The van der Waals surface area contributed by atoms with Gasteiger partial charge in [-0.25, -0.2) is 0 Å². The third-order valence-corrected chi connectivity index (χ3v) is 2.44. The third kappa shape index (κ3) is 1.23. The molecule has 0 radical (unpaired) electrons. The van der Waals surface area contributed by atoms with E-state index in [1.165, 1.54) is 0 Å². The van der Waals surface area contributed by atoms with Gasteiger partial charge in [0, 0.05) is 0 Å². The van der Waals surface area contributed by atoms with E-state index in [1.54, 1.807) is 0 Å². The Morgan fingerprint density at radius 2 is 2.20 bits per heavy atom. The van der Waals surface area contributed by atoms with Gasteiger partial charge in [-0.2, -0.15) is 4.37 Å². The van der Waals surface area contributed by atoms with E-state index in [4.69, 9.17) is 28.9 Å². The molecule has 2 N–H and O–H groups in total. The number of halogens is 2. The van der Waals surface area contributed by atoms with Crippen LogP contribution >= 0.6 is 34.7 Å². The highest BCUT2D eigenvalue weighted by molar-refractivity contribution is 7.11. The lowest BCUT2D eigenvalue weighted by atomic mass is 10.4. The second kappa shape index (κ2) is 2.74. The fourth-order valence-electron chi connectivity index (χ4n) is 0.412. The SMILES string of the molecule is NC(=O)c1nsc(Cl)c1Cl. The molecule has 54 valence electrons. The molecule has 0 bridgehead atoms. The first-order valence-corrected chi connectivity index (χ1v) is 3.76. The Bertz CT molecular complexity index is 272. The van der Waals surface area contributed by atoms with Crippen molar-refractivity contribution in [2.75, 3.05) is 0 Å². The Balaban J connectivity index is 3.17. The maximum Gasteiger partial charge on any atom is 0.270 e. The van der Waals surface area contributed by atoms with Crippen molar-refractivity contribution in [2.45, 2.75) is 0 Å². The smallest absolute Gasteiger partial charge is 0.270 e. The Labute approximate surface area is 70.9 Å². The number of hydrogen-bond acceptors (Lipinski definition) is 3. The number of nitrogens with zero attached hydrogens (tertiary/aromatic N) is 1. The Kier molecular flexibility index (Phi) is 2.13. The molecule has 1 aromatic heterocycles. The first-order chi connectivity index (χ1) is 4.63. The molecule has 10 heavy (non-hydrogen) atoms. The molecule has 0 aliphatic heterocycles. The van der Waals surface area contributed by atoms with E-state index >= 15 is 0 Å². The van der Waals surface area contributed by atoms with Crippen molar-refractivity contribution in [1.29, 1.82) is 0 Å². The number of primary amides is 1. The van der Waals surface area contributed by atoms with E-state index in [2.05, 4.69) is 4.37 Å². The summed E-state index contributed by atoms with van der Waals surface area (Å²) < 4.78 is 3.91. The van der Waals surface area contributed by atoms with Crippen molar-refractivity contribution in [3.8, 4) is 0 Å². The number of amides is 1. The average Bonchev–Trinajstić information content (AvgIpc) is 2.14. The van der Waals surface area contributed by atoms with Gasteiger partial charge in [0.05, 0.1) is 0 Å². The molecule has 0 aromatic carbocycles. The summed E-state index contributed by atoms with van der Waals surface area (Å²) in [6.45, 7) is 0. The van der Waals surface area contributed by atoms with Crippen LogP contribution in [-0.4, -0.2) is 10.3 Å². The van der Waals surface area contributed by atoms with Gasteiger partial charge in [-0.05, 0) is 11.5 Å². The van der Waals surface area contributed by atoms with E-state index in [-0.39, 0.29) is 15.1 Å². The van der Waals surface area contributed by atoms with Crippen molar-refractivity contribution in [2.24, 2.45) is 5.73 Å². The molecule has 1 rings (SSSR count). The Morgan fingerprint density at radius 1 is 1.60 bits per heavy atom. The predicted octanol–water partition coefficient (Wildman–Crippen LogP) is 1.55. The van der Waals surface area contributed by atoms with Crippen LogP contribution in [0.2, 0.25) is 9.36 Å². The number of nitrogens with two attached hydrogens (primary N) is 1. The quantitative estimate of drug-likeness (QED) is 0.742. The number of carbonyl (C=O) groups excluding carboxylic acids is 1. The molecule has 6 heteroatoms. The molecule has 0 saturated heterocycles. The molecule has 0 spiro atoms. The highest BCUT2D eigenvalue weighted by Crippen LogP contribution is 2.28. The zero-order valence-electron chi connectivity index (χ0n) is 4.60. The fourth-order valence-corrected chi connectivity index (χ4v) is 1.42. The van der Waals surface area contributed by atoms with Gasteiger partial charge in [0.2, 0.25) is 0 Å². The van der Waals surface area contributed by atoms with E-state index in [0.29, 0.717) is 0 Å². The Morgan fingerprint density at radius 3 is 2.40 bits per heavy atom.